The van der Waals surface area contributed by atoms with Crippen molar-refractivity contribution in [3.63, 3.8) is 0 Å². The summed E-state index contributed by atoms with van der Waals surface area (Å²) >= 11 is 0. The van der Waals surface area contributed by atoms with E-state index < -0.39 is 11.6 Å². The van der Waals surface area contributed by atoms with Gasteiger partial charge in [0.2, 0.25) is 0 Å². The minimum atomic E-state index is -0.844. The lowest BCUT2D eigenvalue weighted by Crippen LogP contribution is -2.42. The van der Waals surface area contributed by atoms with Crippen LogP contribution in [0.1, 0.15) is 17.0 Å². The molecule has 0 radical (unpaired) electrons. The minimum Gasteiger partial charge on any atom is -0.395 e. The van der Waals surface area contributed by atoms with Crippen LogP contribution in [-0.2, 0) is 26.6 Å². The highest BCUT2D eigenvalue weighted by atomic mass is 19.2. The second-order valence-electron chi connectivity index (χ2n) is 5.44. The summed E-state index contributed by atoms with van der Waals surface area (Å²) in [6.07, 6.45) is 2.46. The molecular formula is C15H17F2N3O. The molecule has 0 saturated heterocycles. The summed E-state index contributed by atoms with van der Waals surface area (Å²) < 4.78 is 28.2. The second kappa shape index (κ2) is 5.54. The molecule has 3 rings (SSSR count). The van der Waals surface area contributed by atoms with Gasteiger partial charge in [0.1, 0.15) is 0 Å². The molecule has 1 atom stereocenters. The van der Waals surface area contributed by atoms with Crippen LogP contribution in [0.4, 0.5) is 8.78 Å². The molecule has 0 amide bonds. The number of fused-ring (bicyclic) bond motifs is 1. The van der Waals surface area contributed by atoms with E-state index >= 15 is 0 Å². The molecule has 6 heteroatoms. The molecule has 1 aromatic carbocycles. The molecule has 0 bridgehead atoms. The van der Waals surface area contributed by atoms with Crippen LogP contribution in [0.5, 0.6) is 0 Å². The topological polar surface area (TPSA) is 41.3 Å². The first-order valence-electron chi connectivity index (χ1n) is 6.86. The smallest absolute Gasteiger partial charge is 0.159 e. The van der Waals surface area contributed by atoms with Crippen LogP contribution in [0.2, 0.25) is 0 Å². The van der Waals surface area contributed by atoms with Crippen molar-refractivity contribution in [2.45, 2.75) is 25.6 Å². The first-order chi connectivity index (χ1) is 10.1. The normalized spacial score (nSPS) is 18.8. The highest BCUT2D eigenvalue weighted by Crippen LogP contribution is 2.24. The Morgan fingerprint density at radius 2 is 2.14 bits per heavy atom. The van der Waals surface area contributed by atoms with Gasteiger partial charge in [0.25, 0.3) is 0 Å². The lowest BCUT2D eigenvalue weighted by Gasteiger charge is -2.34. The van der Waals surface area contributed by atoms with E-state index in [4.69, 9.17) is 0 Å². The average molecular weight is 293 g/mol. The predicted molar refractivity (Wildman–Crippen MR) is 73.4 cm³/mol. The highest BCUT2D eigenvalue weighted by molar-refractivity contribution is 5.21. The zero-order valence-electron chi connectivity index (χ0n) is 11.8. The van der Waals surface area contributed by atoms with Gasteiger partial charge in [-0.2, -0.15) is 0 Å². The van der Waals surface area contributed by atoms with Gasteiger partial charge >= 0.3 is 0 Å². The highest BCUT2D eigenvalue weighted by Gasteiger charge is 2.28. The molecule has 2 aromatic rings. The van der Waals surface area contributed by atoms with Crippen LogP contribution in [0, 0.1) is 11.6 Å². The Morgan fingerprint density at radius 1 is 1.33 bits per heavy atom. The van der Waals surface area contributed by atoms with Gasteiger partial charge in [-0.3, -0.25) is 4.90 Å². The number of hydrogen-bond donors (Lipinski definition) is 1. The van der Waals surface area contributed by atoms with E-state index in [9.17, 15) is 13.9 Å². The molecule has 1 aliphatic heterocycles. The largest absolute Gasteiger partial charge is 0.395 e. The molecule has 21 heavy (non-hydrogen) atoms. The SMILES string of the molecule is Cn1cnc2c1C[C@@H](CO)N(Cc1ccc(F)c(F)c1)C2. The fourth-order valence-corrected chi connectivity index (χ4v) is 2.81. The molecule has 1 N–H and O–H groups in total. The van der Waals surface area contributed by atoms with Gasteiger partial charge < -0.3 is 9.67 Å². The van der Waals surface area contributed by atoms with E-state index in [-0.39, 0.29) is 12.6 Å². The third-order valence-electron chi connectivity index (χ3n) is 4.02. The number of nitrogens with zero attached hydrogens (tertiary/aromatic N) is 3. The summed E-state index contributed by atoms with van der Waals surface area (Å²) in [6, 6.07) is 3.87. The van der Waals surface area contributed by atoms with Crippen molar-refractivity contribution in [2.24, 2.45) is 7.05 Å². The van der Waals surface area contributed by atoms with Gasteiger partial charge in [-0.25, -0.2) is 13.8 Å². The number of imidazole rings is 1. The first kappa shape index (κ1) is 14.2. The Balaban J connectivity index is 1.82. The van der Waals surface area contributed by atoms with Crippen LogP contribution in [0.15, 0.2) is 24.5 Å². The fourth-order valence-electron chi connectivity index (χ4n) is 2.81. The van der Waals surface area contributed by atoms with Gasteiger partial charge in [-0.15, -0.1) is 0 Å². The number of aromatic nitrogens is 2. The molecule has 0 unspecified atom stereocenters. The van der Waals surface area contributed by atoms with Crippen LogP contribution >= 0.6 is 0 Å². The summed E-state index contributed by atoms with van der Waals surface area (Å²) in [6.45, 7) is 1.08. The van der Waals surface area contributed by atoms with Crippen LogP contribution in [-0.4, -0.2) is 32.2 Å². The quantitative estimate of drug-likeness (QED) is 0.935. The minimum absolute atomic E-state index is 0.0221. The number of rotatable bonds is 3. The molecule has 0 saturated carbocycles. The number of aliphatic hydroxyl groups excluding tert-OH is 1. The Hall–Kier alpha value is -1.79. The Bertz CT molecular complexity index is 656. The predicted octanol–water partition coefficient (Wildman–Crippen LogP) is 1.62. The van der Waals surface area contributed by atoms with Crippen LogP contribution in [0.3, 0.4) is 0 Å². The molecule has 1 aliphatic rings. The number of aryl methyl sites for hydroxylation is 1. The number of benzene rings is 1. The van der Waals surface area contributed by atoms with Crippen LogP contribution in [0.25, 0.3) is 0 Å². The zero-order chi connectivity index (χ0) is 15.0. The van der Waals surface area contributed by atoms with Gasteiger partial charge in [-0.05, 0) is 17.7 Å². The molecule has 2 heterocycles. The van der Waals surface area contributed by atoms with Gasteiger partial charge in [-0.1, -0.05) is 6.07 Å². The molecular weight excluding hydrogens is 276 g/mol. The van der Waals surface area contributed by atoms with E-state index in [1.54, 1.807) is 12.4 Å². The lowest BCUT2D eigenvalue weighted by atomic mass is 10.0. The second-order valence-corrected chi connectivity index (χ2v) is 5.44. The van der Waals surface area contributed by atoms with Crippen molar-refractivity contribution in [1.29, 1.82) is 0 Å². The summed E-state index contributed by atoms with van der Waals surface area (Å²) in [5, 5.41) is 9.59. The Kier molecular flexibility index (Phi) is 3.73. The van der Waals surface area contributed by atoms with E-state index in [0.29, 0.717) is 25.1 Å². The third kappa shape index (κ3) is 2.69. The molecule has 112 valence electrons. The first-order valence-corrected chi connectivity index (χ1v) is 6.86. The molecule has 0 spiro atoms. The summed E-state index contributed by atoms with van der Waals surface area (Å²) in [7, 11) is 1.94. The van der Waals surface area contributed by atoms with Crippen molar-refractivity contribution in [2.75, 3.05) is 6.61 Å². The van der Waals surface area contributed by atoms with Crippen LogP contribution < -0.4 is 0 Å². The summed E-state index contributed by atoms with van der Waals surface area (Å²) in [5.41, 5.74) is 2.78. The van der Waals surface area contributed by atoms with Crippen molar-refractivity contribution < 1.29 is 13.9 Å². The average Bonchev–Trinajstić information content (AvgIpc) is 2.83. The Morgan fingerprint density at radius 3 is 2.86 bits per heavy atom. The molecule has 4 nitrogen and oxygen atoms in total. The number of halogens is 2. The van der Waals surface area contributed by atoms with Crippen molar-refractivity contribution in [3.8, 4) is 0 Å². The number of hydrogen-bond acceptors (Lipinski definition) is 3. The van der Waals surface area contributed by atoms with E-state index in [1.807, 2.05) is 16.5 Å². The lowest BCUT2D eigenvalue weighted by molar-refractivity contribution is 0.0966. The maximum atomic E-state index is 13.3. The summed E-state index contributed by atoms with van der Waals surface area (Å²) in [5.74, 6) is -1.69. The van der Waals surface area contributed by atoms with Gasteiger partial charge in [0, 0.05) is 38.3 Å². The standard InChI is InChI=1S/C15H17F2N3O/c1-19-9-18-14-7-20(11(8-21)5-15(14)19)6-10-2-3-12(16)13(17)4-10/h2-4,9,11,21H,5-8H2,1H3/t11-/m0/s1. The molecule has 1 aromatic heterocycles. The number of aliphatic hydroxyl groups is 1. The van der Waals surface area contributed by atoms with Crippen molar-refractivity contribution in [1.82, 2.24) is 14.5 Å². The Labute approximate surface area is 121 Å². The fraction of sp³-hybridized carbons (Fsp3) is 0.400. The van der Waals surface area contributed by atoms with E-state index in [1.165, 1.54) is 6.07 Å². The zero-order valence-corrected chi connectivity index (χ0v) is 11.8. The third-order valence-corrected chi connectivity index (χ3v) is 4.02. The van der Waals surface area contributed by atoms with E-state index in [2.05, 4.69) is 4.98 Å². The molecule has 0 fully saturated rings. The van der Waals surface area contributed by atoms with Crippen molar-refractivity contribution >= 4 is 0 Å². The van der Waals surface area contributed by atoms with E-state index in [0.717, 1.165) is 17.5 Å². The maximum absolute atomic E-state index is 13.3. The van der Waals surface area contributed by atoms with Crippen molar-refractivity contribution in [3.05, 3.63) is 53.1 Å². The van der Waals surface area contributed by atoms with Gasteiger partial charge in [0.15, 0.2) is 11.6 Å². The summed E-state index contributed by atoms with van der Waals surface area (Å²) in [4.78, 5) is 6.40. The van der Waals surface area contributed by atoms with Gasteiger partial charge in [0.05, 0.1) is 18.6 Å². The monoisotopic (exact) mass is 293 g/mol. The maximum Gasteiger partial charge on any atom is 0.159 e. The molecule has 0 aliphatic carbocycles.